The molecule has 20 heteroatoms. The Morgan fingerprint density at radius 3 is 1.69 bits per heavy atom. The summed E-state index contributed by atoms with van der Waals surface area (Å²) in [6.07, 6.45) is -7.60. The van der Waals surface area contributed by atoms with E-state index in [-0.39, 0.29) is 30.5 Å². The Morgan fingerprint density at radius 1 is 0.750 bits per heavy atom. The van der Waals surface area contributed by atoms with E-state index in [4.69, 9.17) is 55.7 Å². The molecule has 7 N–H and O–H groups in total. The van der Waals surface area contributed by atoms with E-state index in [2.05, 4.69) is 0 Å². The number of nitrogens with one attached hydrogen (secondary N) is 2. The van der Waals surface area contributed by atoms with Crippen LogP contribution in [0.15, 0.2) is 42.5 Å². The predicted octanol–water partition coefficient (Wildman–Crippen LogP) is 3.75. The normalized spacial score (nSPS) is 12.3. The first-order chi connectivity index (χ1) is 22.2. The first-order valence-corrected chi connectivity index (χ1v) is 13.4. The van der Waals surface area contributed by atoms with Gasteiger partial charge in [-0.1, -0.05) is 12.1 Å². The lowest BCUT2D eigenvalue weighted by Crippen LogP contribution is -2.27. The van der Waals surface area contributed by atoms with E-state index in [1.807, 2.05) is 4.90 Å². The first kappa shape index (κ1) is 40.5. The molecule has 3 rings (SSSR count). The van der Waals surface area contributed by atoms with Crippen LogP contribution in [0, 0.1) is 10.8 Å². The number of esters is 1. The summed E-state index contributed by atoms with van der Waals surface area (Å²) in [7, 11) is 0. The van der Waals surface area contributed by atoms with E-state index in [1.165, 1.54) is 18.2 Å². The van der Waals surface area contributed by atoms with Crippen LogP contribution in [-0.2, 0) is 19.1 Å². The fourth-order valence-corrected chi connectivity index (χ4v) is 3.42. The molecule has 0 radical (unpaired) electrons. The Hall–Kier alpha value is -5.56. The van der Waals surface area contributed by atoms with Crippen LogP contribution in [0.3, 0.4) is 0 Å². The molecule has 0 aromatic heterocycles. The van der Waals surface area contributed by atoms with Gasteiger partial charge in [0.05, 0.1) is 18.8 Å². The highest BCUT2D eigenvalue weighted by atomic mass is 19.4. The molecule has 48 heavy (non-hydrogen) atoms. The Bertz CT molecular complexity index is 1420. The van der Waals surface area contributed by atoms with Crippen LogP contribution in [-0.4, -0.2) is 101 Å². The Morgan fingerprint density at radius 2 is 1.23 bits per heavy atom. The number of carboxylic acid groups (broad SMARTS) is 3. The molecule has 0 spiro atoms. The number of hydrogen-bond acceptors (Lipinski definition) is 9. The number of aliphatic carboxylic acids is 3. The number of nitrogen functional groups attached to an aromatic ring is 1. The number of carbonyl (C=O) groups is 4. The molecule has 2 aromatic carbocycles. The molecule has 1 aliphatic rings. The maximum absolute atomic E-state index is 12.3. The Labute approximate surface area is 267 Å². The molecule has 1 saturated heterocycles. The zero-order valence-electron chi connectivity index (χ0n) is 24.7. The summed E-state index contributed by atoms with van der Waals surface area (Å²) in [5.74, 6) is -6.35. The minimum atomic E-state index is -5.08. The van der Waals surface area contributed by atoms with Gasteiger partial charge in [-0.2, -0.15) is 26.3 Å². The van der Waals surface area contributed by atoms with Crippen LogP contribution in [0.1, 0.15) is 40.7 Å². The zero-order valence-corrected chi connectivity index (χ0v) is 24.7. The molecule has 0 bridgehead atoms. The SMILES string of the molecule is N=C(N)c1ccc(OCC(=O)O)c(OCCCOC(=O)c2ccc(C(=N)N3CCCC3)cc2)c1.O=C(O)C(F)(F)F.O=C(O)C(F)(F)F. The lowest BCUT2D eigenvalue weighted by molar-refractivity contribution is -0.193. The van der Waals surface area contributed by atoms with E-state index in [1.54, 1.807) is 24.3 Å². The highest BCUT2D eigenvalue weighted by Gasteiger charge is 2.38. The summed E-state index contributed by atoms with van der Waals surface area (Å²) in [4.78, 5) is 42.9. The van der Waals surface area contributed by atoms with Crippen LogP contribution in [0.4, 0.5) is 26.3 Å². The number of rotatable bonds is 11. The van der Waals surface area contributed by atoms with Gasteiger partial charge in [-0.3, -0.25) is 10.8 Å². The average Bonchev–Trinajstić information content (AvgIpc) is 3.54. The first-order valence-electron chi connectivity index (χ1n) is 13.4. The minimum Gasteiger partial charge on any atom is -0.490 e. The van der Waals surface area contributed by atoms with Crippen LogP contribution in [0.5, 0.6) is 11.5 Å². The van der Waals surface area contributed by atoms with Gasteiger partial charge in [0.1, 0.15) is 11.7 Å². The number of halogens is 6. The fourth-order valence-electron chi connectivity index (χ4n) is 3.42. The summed E-state index contributed by atoms with van der Waals surface area (Å²) in [6, 6.07) is 11.3. The molecular weight excluding hydrogens is 666 g/mol. The molecular formula is C28H30F6N4O10. The molecule has 0 unspecified atom stereocenters. The highest BCUT2D eigenvalue weighted by molar-refractivity contribution is 5.98. The molecule has 0 atom stereocenters. The lowest BCUT2D eigenvalue weighted by atomic mass is 10.1. The van der Waals surface area contributed by atoms with Gasteiger partial charge in [0.25, 0.3) is 0 Å². The highest BCUT2D eigenvalue weighted by Crippen LogP contribution is 2.28. The maximum Gasteiger partial charge on any atom is 0.490 e. The van der Waals surface area contributed by atoms with E-state index in [9.17, 15) is 35.9 Å². The van der Waals surface area contributed by atoms with Crippen molar-refractivity contribution in [3.8, 4) is 11.5 Å². The zero-order chi connectivity index (χ0) is 36.7. The fraction of sp³-hybridized carbons (Fsp3) is 0.357. The number of nitrogens with two attached hydrogens (primary N) is 1. The summed E-state index contributed by atoms with van der Waals surface area (Å²) < 4.78 is 79.6. The van der Waals surface area contributed by atoms with E-state index < -0.39 is 42.8 Å². The van der Waals surface area contributed by atoms with Crippen molar-refractivity contribution in [3.63, 3.8) is 0 Å². The van der Waals surface area contributed by atoms with Crippen molar-refractivity contribution in [2.24, 2.45) is 5.73 Å². The predicted molar refractivity (Wildman–Crippen MR) is 152 cm³/mol. The average molecular weight is 697 g/mol. The van der Waals surface area contributed by atoms with Crippen molar-refractivity contribution in [2.45, 2.75) is 31.6 Å². The molecule has 0 saturated carbocycles. The van der Waals surface area contributed by atoms with Crippen molar-refractivity contribution in [1.82, 2.24) is 4.90 Å². The van der Waals surface area contributed by atoms with E-state index in [0.717, 1.165) is 31.5 Å². The van der Waals surface area contributed by atoms with E-state index in [0.29, 0.717) is 23.4 Å². The van der Waals surface area contributed by atoms with Crippen LogP contribution in [0.2, 0.25) is 0 Å². The number of ether oxygens (including phenoxy) is 3. The van der Waals surface area contributed by atoms with Gasteiger partial charge < -0.3 is 40.2 Å². The third kappa shape index (κ3) is 14.7. The number of nitrogens with zero attached hydrogens (tertiary/aromatic N) is 1. The monoisotopic (exact) mass is 696 g/mol. The van der Waals surface area contributed by atoms with Gasteiger partial charge in [0, 0.05) is 30.6 Å². The van der Waals surface area contributed by atoms with Gasteiger partial charge in [0.15, 0.2) is 18.1 Å². The second-order valence-corrected chi connectivity index (χ2v) is 9.32. The molecule has 264 valence electrons. The van der Waals surface area contributed by atoms with Crippen LogP contribution in [0.25, 0.3) is 0 Å². The molecule has 1 aliphatic heterocycles. The maximum atomic E-state index is 12.3. The number of hydrogen-bond donors (Lipinski definition) is 6. The number of carboxylic acids is 3. The van der Waals surface area contributed by atoms with Crippen molar-refractivity contribution >= 4 is 35.5 Å². The molecule has 2 aromatic rings. The summed E-state index contributed by atoms with van der Waals surface area (Å²) in [6.45, 7) is 1.52. The van der Waals surface area contributed by atoms with Crippen molar-refractivity contribution in [1.29, 1.82) is 10.8 Å². The van der Waals surface area contributed by atoms with Crippen molar-refractivity contribution in [2.75, 3.05) is 32.9 Å². The molecule has 1 heterocycles. The van der Waals surface area contributed by atoms with Crippen molar-refractivity contribution in [3.05, 3.63) is 59.2 Å². The lowest BCUT2D eigenvalue weighted by Gasteiger charge is -2.18. The molecule has 14 nitrogen and oxygen atoms in total. The number of alkyl halides is 6. The van der Waals surface area contributed by atoms with Crippen LogP contribution < -0.4 is 15.2 Å². The number of carbonyl (C=O) groups excluding carboxylic acids is 1. The van der Waals surface area contributed by atoms with E-state index >= 15 is 0 Å². The second-order valence-electron chi connectivity index (χ2n) is 9.32. The van der Waals surface area contributed by atoms with Gasteiger partial charge in [-0.05, 0) is 43.2 Å². The summed E-state index contributed by atoms with van der Waals surface area (Å²) in [5, 5.41) is 38.9. The van der Waals surface area contributed by atoms with Crippen LogP contribution >= 0.6 is 0 Å². The van der Waals surface area contributed by atoms with Gasteiger partial charge in [-0.15, -0.1) is 0 Å². The molecule has 0 aliphatic carbocycles. The third-order valence-corrected chi connectivity index (χ3v) is 5.69. The van der Waals surface area contributed by atoms with Gasteiger partial charge >= 0.3 is 36.2 Å². The molecule has 1 fully saturated rings. The number of likely N-dealkylation sites (tertiary alicyclic amines) is 1. The third-order valence-electron chi connectivity index (χ3n) is 5.69. The second kappa shape index (κ2) is 18.6. The quantitative estimate of drug-likeness (QED) is 0.0648. The number of amidine groups is 2. The van der Waals surface area contributed by atoms with Gasteiger partial charge in [0.2, 0.25) is 0 Å². The smallest absolute Gasteiger partial charge is 0.490 e. The summed E-state index contributed by atoms with van der Waals surface area (Å²) in [5.41, 5.74) is 7.07. The summed E-state index contributed by atoms with van der Waals surface area (Å²) >= 11 is 0. The van der Waals surface area contributed by atoms with Gasteiger partial charge in [-0.25, -0.2) is 19.2 Å². The topological polar surface area (TPSA) is 234 Å². The largest absolute Gasteiger partial charge is 0.490 e. The number of benzene rings is 2. The molecule has 0 amide bonds. The minimum absolute atomic E-state index is 0.113. The Kier molecular flexibility index (Phi) is 15.6. The Balaban J connectivity index is 0.000000687. The van der Waals surface area contributed by atoms with Crippen molar-refractivity contribution < 1.29 is 75.1 Å². The standard InChI is InChI=1S/C24H28N4O6.2C2HF3O2/c25-22(26)18-8-9-19(34-15-21(29)30)20(14-18)32-12-3-13-33-24(31)17-6-4-16(5-7-17)23(27)28-10-1-2-11-28;2*3-2(4,5)1(6)7/h4-9,14,27H,1-3,10-13,15H2,(H3,25,26)(H,29,30);2*(H,6,7).